The van der Waals surface area contributed by atoms with Gasteiger partial charge in [0.2, 0.25) is 0 Å². The number of alkyl halides is 1. The summed E-state index contributed by atoms with van der Waals surface area (Å²) in [4.78, 5) is 4.28. The molecule has 0 N–H and O–H groups in total. The van der Waals surface area contributed by atoms with Crippen molar-refractivity contribution in [2.45, 2.75) is 32.6 Å². The number of aromatic nitrogens is 1. The summed E-state index contributed by atoms with van der Waals surface area (Å²) in [6.07, 6.45) is 2.87. The van der Waals surface area contributed by atoms with E-state index >= 15 is 0 Å². The molecule has 0 radical (unpaired) electrons. The van der Waals surface area contributed by atoms with Crippen molar-refractivity contribution >= 4 is 22.9 Å². The molecule has 0 fully saturated rings. The van der Waals surface area contributed by atoms with Gasteiger partial charge in [0.05, 0.1) is 5.01 Å². The Morgan fingerprint density at radius 2 is 2.15 bits per heavy atom. The summed E-state index contributed by atoms with van der Waals surface area (Å²) in [6, 6.07) is 0. The Kier molecular flexibility index (Phi) is 4.20. The minimum Gasteiger partial charge on any atom is -0.250 e. The van der Waals surface area contributed by atoms with E-state index in [-0.39, 0.29) is 5.38 Å². The molecule has 2 atom stereocenters. The van der Waals surface area contributed by atoms with Gasteiger partial charge >= 0.3 is 0 Å². The van der Waals surface area contributed by atoms with Gasteiger partial charge < -0.3 is 0 Å². The molecule has 0 aromatic carbocycles. The zero-order valence-corrected chi connectivity index (χ0v) is 9.90. The molecule has 74 valence electrons. The molecule has 3 heteroatoms. The Balaban J connectivity index is 2.58. The first kappa shape index (κ1) is 11.0. The van der Waals surface area contributed by atoms with E-state index in [0.717, 1.165) is 6.42 Å². The fourth-order valence-corrected chi connectivity index (χ4v) is 2.55. The smallest absolute Gasteiger partial charge is 0.0928 e. The highest BCUT2D eigenvalue weighted by Crippen LogP contribution is 2.24. The van der Waals surface area contributed by atoms with Gasteiger partial charge in [-0.25, -0.2) is 4.98 Å². The quantitative estimate of drug-likeness (QED) is 0.703. The third-order valence-corrected chi connectivity index (χ3v) is 3.47. The van der Waals surface area contributed by atoms with Crippen LogP contribution in [-0.4, -0.2) is 10.4 Å². The van der Waals surface area contributed by atoms with Gasteiger partial charge in [-0.05, 0) is 18.8 Å². The molecule has 1 nitrogen and oxygen atoms in total. The van der Waals surface area contributed by atoms with E-state index in [1.165, 1.54) is 5.01 Å². The van der Waals surface area contributed by atoms with Gasteiger partial charge in [-0.15, -0.1) is 22.9 Å². The zero-order valence-electron chi connectivity index (χ0n) is 8.33. The van der Waals surface area contributed by atoms with E-state index in [4.69, 9.17) is 11.6 Å². The average Bonchev–Trinajstić information content (AvgIpc) is 2.50. The van der Waals surface area contributed by atoms with E-state index in [2.05, 4.69) is 25.8 Å². The van der Waals surface area contributed by atoms with Gasteiger partial charge in [-0.1, -0.05) is 13.8 Å². The van der Waals surface area contributed by atoms with Crippen LogP contribution in [0, 0.1) is 11.8 Å². The number of nitrogens with zero attached hydrogens (tertiary/aromatic N) is 1. The van der Waals surface area contributed by atoms with Crippen molar-refractivity contribution in [2.24, 2.45) is 11.8 Å². The van der Waals surface area contributed by atoms with Crippen LogP contribution in [0.2, 0.25) is 0 Å². The van der Waals surface area contributed by atoms with Gasteiger partial charge in [-0.2, -0.15) is 0 Å². The largest absolute Gasteiger partial charge is 0.250 e. The number of thiazole rings is 1. The topological polar surface area (TPSA) is 12.9 Å². The predicted octanol–water partition coefficient (Wildman–Crippen LogP) is 3.59. The highest BCUT2D eigenvalue weighted by Gasteiger charge is 2.20. The molecule has 0 saturated heterocycles. The summed E-state index contributed by atoms with van der Waals surface area (Å²) in [5, 5.41) is 3.45. The van der Waals surface area contributed by atoms with Gasteiger partial charge in [0.25, 0.3) is 0 Å². The van der Waals surface area contributed by atoms with Crippen molar-refractivity contribution in [1.82, 2.24) is 4.98 Å². The van der Waals surface area contributed by atoms with Gasteiger partial charge in [0.15, 0.2) is 0 Å². The van der Waals surface area contributed by atoms with Gasteiger partial charge in [-0.3, -0.25) is 0 Å². The summed E-state index contributed by atoms with van der Waals surface area (Å²) in [5.74, 6) is 1.16. The summed E-state index contributed by atoms with van der Waals surface area (Å²) >= 11 is 7.85. The lowest BCUT2D eigenvalue weighted by molar-refractivity contribution is 0.376. The van der Waals surface area contributed by atoms with Crippen molar-refractivity contribution < 1.29 is 0 Å². The Morgan fingerprint density at radius 1 is 1.46 bits per heavy atom. The lowest BCUT2D eigenvalue weighted by atomic mass is 9.90. The number of hydrogen-bond acceptors (Lipinski definition) is 2. The minimum atomic E-state index is 0.226. The molecule has 1 aromatic rings. The van der Waals surface area contributed by atoms with Crippen LogP contribution >= 0.6 is 22.9 Å². The van der Waals surface area contributed by atoms with Crippen LogP contribution in [0.5, 0.6) is 0 Å². The molecule has 13 heavy (non-hydrogen) atoms. The summed E-state index contributed by atoms with van der Waals surface area (Å²) in [6.45, 7) is 6.51. The highest BCUT2D eigenvalue weighted by atomic mass is 35.5. The maximum atomic E-state index is 6.13. The summed E-state index contributed by atoms with van der Waals surface area (Å²) in [7, 11) is 0. The number of hydrogen-bond donors (Lipinski definition) is 0. The molecule has 2 unspecified atom stereocenters. The molecule has 0 aliphatic heterocycles. The van der Waals surface area contributed by atoms with E-state index < -0.39 is 0 Å². The Hall–Kier alpha value is -0.0800. The van der Waals surface area contributed by atoms with E-state index in [9.17, 15) is 0 Å². The van der Waals surface area contributed by atoms with Crippen LogP contribution in [0.3, 0.4) is 0 Å². The zero-order chi connectivity index (χ0) is 9.84. The standard InChI is InChI=1S/C10H16ClNS/c1-7(2)9(8(3)11)6-10-12-4-5-13-10/h4-5,7-9H,6H2,1-3H3. The number of rotatable bonds is 4. The normalized spacial score (nSPS) is 16.1. The van der Waals surface area contributed by atoms with Crippen LogP contribution < -0.4 is 0 Å². The second-order valence-electron chi connectivity index (χ2n) is 3.72. The lowest BCUT2D eigenvalue weighted by Gasteiger charge is -2.21. The van der Waals surface area contributed by atoms with Gasteiger partial charge in [0.1, 0.15) is 0 Å². The summed E-state index contributed by atoms with van der Waals surface area (Å²) in [5.41, 5.74) is 0. The maximum absolute atomic E-state index is 6.13. The molecule has 0 aliphatic rings. The minimum absolute atomic E-state index is 0.226. The predicted molar refractivity (Wildman–Crippen MR) is 59.5 cm³/mol. The van der Waals surface area contributed by atoms with Crippen LogP contribution in [0.15, 0.2) is 11.6 Å². The molecule has 0 amide bonds. The second-order valence-corrected chi connectivity index (χ2v) is 5.38. The van der Waals surface area contributed by atoms with Crippen molar-refractivity contribution in [2.75, 3.05) is 0 Å². The molecule has 1 aromatic heterocycles. The van der Waals surface area contributed by atoms with E-state index in [1.54, 1.807) is 11.3 Å². The van der Waals surface area contributed by atoms with Gasteiger partial charge in [0, 0.05) is 23.4 Å². The lowest BCUT2D eigenvalue weighted by Crippen LogP contribution is -2.20. The molecule has 0 spiro atoms. The Morgan fingerprint density at radius 3 is 2.54 bits per heavy atom. The maximum Gasteiger partial charge on any atom is 0.0928 e. The van der Waals surface area contributed by atoms with Crippen LogP contribution in [0.1, 0.15) is 25.8 Å². The SMILES string of the molecule is CC(C)C(Cc1nccs1)C(C)Cl. The molecule has 1 heterocycles. The summed E-state index contributed by atoms with van der Waals surface area (Å²) < 4.78 is 0. The van der Waals surface area contributed by atoms with Crippen LogP contribution in [-0.2, 0) is 6.42 Å². The van der Waals surface area contributed by atoms with Crippen molar-refractivity contribution in [3.63, 3.8) is 0 Å². The second kappa shape index (κ2) is 4.97. The first-order valence-corrected chi connectivity index (χ1v) is 5.95. The fraction of sp³-hybridized carbons (Fsp3) is 0.700. The molecular weight excluding hydrogens is 202 g/mol. The Bertz CT molecular complexity index is 223. The third kappa shape index (κ3) is 3.28. The third-order valence-electron chi connectivity index (χ3n) is 2.34. The van der Waals surface area contributed by atoms with Crippen molar-refractivity contribution in [3.8, 4) is 0 Å². The van der Waals surface area contributed by atoms with E-state index in [0.29, 0.717) is 11.8 Å². The van der Waals surface area contributed by atoms with Crippen molar-refractivity contribution in [3.05, 3.63) is 16.6 Å². The van der Waals surface area contributed by atoms with Crippen LogP contribution in [0.4, 0.5) is 0 Å². The average molecular weight is 218 g/mol. The number of halogens is 1. The monoisotopic (exact) mass is 217 g/mol. The highest BCUT2D eigenvalue weighted by molar-refractivity contribution is 7.09. The molecule has 0 bridgehead atoms. The fourth-order valence-electron chi connectivity index (χ4n) is 1.48. The molecule has 1 rings (SSSR count). The molecule has 0 aliphatic carbocycles. The first-order valence-electron chi connectivity index (χ1n) is 4.63. The van der Waals surface area contributed by atoms with Crippen molar-refractivity contribution in [1.29, 1.82) is 0 Å². The molecular formula is C10H16ClNS. The Labute approximate surface area is 89.1 Å². The van der Waals surface area contributed by atoms with Crippen LogP contribution in [0.25, 0.3) is 0 Å². The molecule has 0 saturated carbocycles. The first-order chi connectivity index (χ1) is 6.11. The van der Waals surface area contributed by atoms with E-state index in [1.807, 2.05) is 11.6 Å².